The molecule has 24 heavy (non-hydrogen) atoms. The predicted octanol–water partition coefficient (Wildman–Crippen LogP) is 4.28. The molecule has 2 aromatic carbocycles. The Morgan fingerprint density at radius 2 is 1.79 bits per heavy atom. The number of halogens is 2. The summed E-state index contributed by atoms with van der Waals surface area (Å²) in [6, 6.07) is 13.7. The molecule has 0 aliphatic heterocycles. The summed E-state index contributed by atoms with van der Waals surface area (Å²) in [7, 11) is 0. The first kappa shape index (κ1) is 16.2. The summed E-state index contributed by atoms with van der Waals surface area (Å²) >= 11 is 11.9. The van der Waals surface area contributed by atoms with Crippen molar-refractivity contribution in [1.82, 2.24) is 9.97 Å². The van der Waals surface area contributed by atoms with Gasteiger partial charge in [0.05, 0.1) is 5.69 Å². The number of nitrogens with two attached hydrogens (primary N) is 1. The van der Waals surface area contributed by atoms with Gasteiger partial charge in [-0.25, -0.2) is 9.97 Å². The molecule has 0 bridgehead atoms. The third-order valence-corrected chi connectivity index (χ3v) is 3.65. The topological polar surface area (TPSA) is 80.9 Å². The molecular formula is C17H12Cl2N4O. The number of carbonyl (C=O) groups is 1. The molecule has 0 saturated carbocycles. The fraction of sp³-hybridized carbons (Fsp3) is 0. The van der Waals surface area contributed by atoms with Gasteiger partial charge in [-0.15, -0.1) is 0 Å². The van der Waals surface area contributed by atoms with Gasteiger partial charge in [0.2, 0.25) is 5.95 Å². The number of hydrogen-bond acceptors (Lipinski definition) is 4. The minimum absolute atomic E-state index is 0.190. The summed E-state index contributed by atoms with van der Waals surface area (Å²) in [5.41, 5.74) is 8.08. The van der Waals surface area contributed by atoms with Crippen molar-refractivity contribution in [1.29, 1.82) is 0 Å². The van der Waals surface area contributed by atoms with E-state index in [0.29, 0.717) is 27.0 Å². The maximum Gasteiger partial charge on any atom is 0.255 e. The highest BCUT2D eigenvalue weighted by Gasteiger charge is 2.09. The fourth-order valence-corrected chi connectivity index (χ4v) is 2.71. The van der Waals surface area contributed by atoms with Gasteiger partial charge < -0.3 is 11.1 Å². The van der Waals surface area contributed by atoms with Crippen molar-refractivity contribution in [3.8, 4) is 11.3 Å². The van der Waals surface area contributed by atoms with E-state index in [1.54, 1.807) is 42.6 Å². The number of amides is 1. The van der Waals surface area contributed by atoms with Crippen LogP contribution in [-0.4, -0.2) is 15.9 Å². The highest BCUT2D eigenvalue weighted by atomic mass is 35.5. The molecule has 0 aliphatic rings. The Kier molecular flexibility index (Phi) is 4.64. The van der Waals surface area contributed by atoms with Crippen LogP contribution in [0.3, 0.4) is 0 Å². The Bertz CT molecular complexity index is 894. The van der Waals surface area contributed by atoms with Crippen molar-refractivity contribution in [2.75, 3.05) is 11.1 Å². The molecule has 0 aliphatic carbocycles. The average Bonchev–Trinajstić information content (AvgIpc) is 2.54. The molecule has 0 radical (unpaired) electrons. The second kappa shape index (κ2) is 6.86. The van der Waals surface area contributed by atoms with E-state index in [-0.39, 0.29) is 11.9 Å². The number of rotatable bonds is 3. The summed E-state index contributed by atoms with van der Waals surface area (Å²) in [5, 5.41) is 3.61. The number of nitrogens with one attached hydrogen (secondary N) is 1. The Morgan fingerprint density at radius 3 is 2.50 bits per heavy atom. The van der Waals surface area contributed by atoms with Gasteiger partial charge in [-0.05, 0) is 36.4 Å². The van der Waals surface area contributed by atoms with Crippen LogP contribution in [0.25, 0.3) is 11.3 Å². The first-order valence-electron chi connectivity index (χ1n) is 6.98. The van der Waals surface area contributed by atoms with Crippen LogP contribution in [0, 0.1) is 0 Å². The van der Waals surface area contributed by atoms with E-state index in [1.807, 2.05) is 12.1 Å². The molecule has 3 N–H and O–H groups in total. The molecule has 0 spiro atoms. The summed E-state index contributed by atoms with van der Waals surface area (Å²) in [5.74, 6) is -0.116. The summed E-state index contributed by atoms with van der Waals surface area (Å²) in [4.78, 5) is 20.4. The van der Waals surface area contributed by atoms with E-state index in [0.717, 1.165) is 5.56 Å². The van der Waals surface area contributed by atoms with Crippen LogP contribution >= 0.6 is 23.2 Å². The summed E-state index contributed by atoms with van der Waals surface area (Å²) < 4.78 is 0. The minimum Gasteiger partial charge on any atom is -0.368 e. The van der Waals surface area contributed by atoms with Crippen LogP contribution in [0.2, 0.25) is 10.0 Å². The second-order valence-electron chi connectivity index (χ2n) is 4.99. The SMILES string of the molecule is Nc1nccc(-c2cccc(NC(=O)c3cc(Cl)cc(Cl)c3)c2)n1. The smallest absolute Gasteiger partial charge is 0.255 e. The third-order valence-electron chi connectivity index (χ3n) is 3.22. The van der Waals surface area contributed by atoms with E-state index in [4.69, 9.17) is 28.9 Å². The maximum absolute atomic E-state index is 12.3. The highest BCUT2D eigenvalue weighted by molar-refractivity contribution is 6.35. The van der Waals surface area contributed by atoms with Gasteiger partial charge in [0.25, 0.3) is 5.91 Å². The van der Waals surface area contributed by atoms with Gasteiger partial charge in [0.1, 0.15) is 0 Å². The zero-order valence-corrected chi connectivity index (χ0v) is 13.8. The Balaban J connectivity index is 1.85. The predicted molar refractivity (Wildman–Crippen MR) is 96.3 cm³/mol. The zero-order chi connectivity index (χ0) is 17.1. The first-order valence-corrected chi connectivity index (χ1v) is 7.73. The van der Waals surface area contributed by atoms with Crippen LogP contribution < -0.4 is 11.1 Å². The molecule has 0 atom stereocenters. The average molecular weight is 359 g/mol. The Labute approximate surface area is 148 Å². The van der Waals surface area contributed by atoms with Gasteiger partial charge in [-0.2, -0.15) is 0 Å². The zero-order valence-electron chi connectivity index (χ0n) is 12.3. The second-order valence-corrected chi connectivity index (χ2v) is 5.87. The number of nitrogen functional groups attached to an aromatic ring is 1. The molecule has 1 aromatic heterocycles. The van der Waals surface area contributed by atoms with E-state index < -0.39 is 0 Å². The first-order chi connectivity index (χ1) is 11.5. The molecule has 120 valence electrons. The van der Waals surface area contributed by atoms with E-state index in [9.17, 15) is 4.79 Å². The van der Waals surface area contributed by atoms with Crippen molar-refractivity contribution in [2.24, 2.45) is 0 Å². The van der Waals surface area contributed by atoms with Gasteiger partial charge in [0, 0.05) is 33.1 Å². The van der Waals surface area contributed by atoms with Crippen molar-refractivity contribution >= 4 is 40.7 Å². The number of anilines is 2. The van der Waals surface area contributed by atoms with Crippen molar-refractivity contribution in [3.63, 3.8) is 0 Å². The molecule has 3 rings (SSSR count). The van der Waals surface area contributed by atoms with Crippen LogP contribution in [0.1, 0.15) is 10.4 Å². The minimum atomic E-state index is -0.307. The lowest BCUT2D eigenvalue weighted by Gasteiger charge is -2.08. The molecule has 0 saturated heterocycles. The molecule has 1 amide bonds. The van der Waals surface area contributed by atoms with Crippen LogP contribution in [0.15, 0.2) is 54.7 Å². The normalized spacial score (nSPS) is 10.4. The number of hydrogen-bond donors (Lipinski definition) is 2. The third kappa shape index (κ3) is 3.82. The van der Waals surface area contributed by atoms with Crippen LogP contribution in [0.5, 0.6) is 0 Å². The molecule has 3 aromatic rings. The highest BCUT2D eigenvalue weighted by Crippen LogP contribution is 2.23. The number of nitrogens with zero attached hydrogens (tertiary/aromatic N) is 2. The van der Waals surface area contributed by atoms with Gasteiger partial charge >= 0.3 is 0 Å². The molecule has 5 nitrogen and oxygen atoms in total. The quantitative estimate of drug-likeness (QED) is 0.731. The molecule has 1 heterocycles. The van der Waals surface area contributed by atoms with Crippen LogP contribution in [0.4, 0.5) is 11.6 Å². The number of carbonyl (C=O) groups excluding carboxylic acids is 1. The van der Waals surface area contributed by atoms with Crippen molar-refractivity contribution in [3.05, 3.63) is 70.3 Å². The fourth-order valence-electron chi connectivity index (χ4n) is 2.18. The van der Waals surface area contributed by atoms with E-state index >= 15 is 0 Å². The van der Waals surface area contributed by atoms with Gasteiger partial charge in [-0.3, -0.25) is 4.79 Å². The number of benzene rings is 2. The van der Waals surface area contributed by atoms with Gasteiger partial charge in [0.15, 0.2) is 0 Å². The Morgan fingerprint density at radius 1 is 1.04 bits per heavy atom. The standard InChI is InChI=1S/C17H12Cl2N4O/c18-12-6-11(7-13(19)9-12)16(24)22-14-3-1-2-10(8-14)15-4-5-21-17(20)23-15/h1-9H,(H,22,24)(H2,20,21,23). The Hall–Kier alpha value is -2.63. The molecular weight excluding hydrogens is 347 g/mol. The molecule has 0 unspecified atom stereocenters. The van der Waals surface area contributed by atoms with E-state index in [2.05, 4.69) is 15.3 Å². The van der Waals surface area contributed by atoms with Gasteiger partial charge in [-0.1, -0.05) is 35.3 Å². The monoisotopic (exact) mass is 358 g/mol. The lowest BCUT2D eigenvalue weighted by Crippen LogP contribution is -2.11. The number of aromatic nitrogens is 2. The maximum atomic E-state index is 12.3. The largest absolute Gasteiger partial charge is 0.368 e. The summed E-state index contributed by atoms with van der Waals surface area (Å²) in [6.07, 6.45) is 1.58. The van der Waals surface area contributed by atoms with Crippen molar-refractivity contribution in [2.45, 2.75) is 0 Å². The molecule has 0 fully saturated rings. The lowest BCUT2D eigenvalue weighted by molar-refractivity contribution is 0.102. The van der Waals surface area contributed by atoms with Crippen molar-refractivity contribution < 1.29 is 4.79 Å². The lowest BCUT2D eigenvalue weighted by atomic mass is 10.1. The van der Waals surface area contributed by atoms with E-state index in [1.165, 1.54) is 0 Å². The molecule has 7 heteroatoms. The summed E-state index contributed by atoms with van der Waals surface area (Å²) in [6.45, 7) is 0. The van der Waals surface area contributed by atoms with Crippen LogP contribution in [-0.2, 0) is 0 Å².